The van der Waals surface area contributed by atoms with Crippen molar-refractivity contribution >= 4 is 165 Å². The van der Waals surface area contributed by atoms with Crippen molar-refractivity contribution in [2.75, 3.05) is 34.0 Å². The van der Waals surface area contributed by atoms with E-state index >= 15 is 8.42 Å². The Morgan fingerprint density at radius 3 is 0.866 bits per heavy atom. The van der Waals surface area contributed by atoms with Gasteiger partial charge in [-0.15, -0.1) is 0 Å². The highest BCUT2D eigenvalue weighted by Crippen LogP contribution is 2.43. The minimum Gasteiger partial charge on any atom is -0.463 e. The van der Waals surface area contributed by atoms with Crippen LogP contribution in [0.5, 0.6) is 0 Å². The number of carbonyl (C=O) groups excluding carboxylic acids is 12. The Morgan fingerprint density at radius 1 is 0.312 bits per heavy atom. The summed E-state index contributed by atoms with van der Waals surface area (Å²) >= 11 is 2.62. The monoisotopic (exact) mass is 1680 g/mol. The summed E-state index contributed by atoms with van der Waals surface area (Å²) in [7, 11) is -14.9. The summed E-state index contributed by atoms with van der Waals surface area (Å²) in [4.78, 5) is 147. The number of fused-ring (bicyclic) bond motifs is 1. The lowest BCUT2D eigenvalue weighted by molar-refractivity contribution is -0.237. The van der Waals surface area contributed by atoms with Crippen molar-refractivity contribution in [1.82, 2.24) is 0 Å². The van der Waals surface area contributed by atoms with Gasteiger partial charge in [0.1, 0.15) is 64.2 Å². The van der Waals surface area contributed by atoms with Crippen LogP contribution in [0.4, 0.5) is 17.1 Å². The number of benzene rings is 5. The molecule has 0 aromatic heterocycles. The number of carbonyl (C=O) groups is 12. The summed E-state index contributed by atoms with van der Waals surface area (Å²) in [5.74, 6) is -10.0. The van der Waals surface area contributed by atoms with Crippen molar-refractivity contribution in [2.24, 2.45) is 0 Å². The molecule has 112 heavy (non-hydrogen) atoms. The third-order valence-electron chi connectivity index (χ3n) is 15.7. The third-order valence-corrected chi connectivity index (χ3v) is 23.6. The first-order valence-corrected chi connectivity index (χ1v) is 40.5. The highest BCUT2D eigenvalue weighted by Gasteiger charge is 2.56. The number of anilines is 3. The van der Waals surface area contributed by atoms with E-state index in [1.165, 1.54) is 72.8 Å². The molecule has 3 fully saturated rings. The van der Waals surface area contributed by atoms with Crippen molar-refractivity contribution in [1.29, 1.82) is 0 Å². The summed E-state index contributed by atoms with van der Waals surface area (Å²) in [6, 6.07) is 21.3. The van der Waals surface area contributed by atoms with Crippen LogP contribution >= 0.6 is 35.3 Å². The Hall–Kier alpha value is -9.82. The predicted molar refractivity (Wildman–Crippen MR) is 389 cm³/mol. The molecule has 0 bridgehead atoms. The van der Waals surface area contributed by atoms with Gasteiger partial charge in [-0.25, -0.2) is 25.3 Å². The fraction of sp³-hybridized carbons (Fsp3) is 0.429. The van der Waals surface area contributed by atoms with E-state index in [0.29, 0.717) is 4.90 Å². The standard InChI is InChI=1S/C70H77N3O33S6/c1-33(74)92-30-54-58(95-36(4)77)61(98-39(7)80)64(101-42(10)83)68(104-54)107-49-20-14-46(15-21-49)71-110(86,87)52-26-27-53-45(29-52)13-28-57(111(88,89)72-47-16-22-50(23-17-47)108-69-65(102-43(11)84)62(99-40(8)81)59(96-37(5)78)55(105-69)31-93-34(2)75)67(53)112(90,91)73-48-18-24-51(25-19-48)109-70-66(103-44(12)85)63(100-41(9)82)60(97-38(6)79)56(106-70)32-94-35(3)76/h13-29,54-56,58-66,68-73H,30-32H2,1-12H3/t54-,55-,56-,58-,59-,60-,61+,62+,63+,64-,65-,66-,68+,69+,70+/m1/s1. The molecule has 0 amide bonds. The maximum Gasteiger partial charge on any atom is 0.303 e. The van der Waals surface area contributed by atoms with Gasteiger partial charge in [-0.1, -0.05) is 47.4 Å². The number of rotatable bonds is 30. The molecule has 5 aromatic rings. The van der Waals surface area contributed by atoms with E-state index in [-0.39, 0.29) is 37.6 Å². The number of nitrogens with one attached hydrogen (secondary N) is 3. The van der Waals surface area contributed by atoms with Crippen molar-refractivity contribution in [3.63, 3.8) is 0 Å². The lowest BCUT2D eigenvalue weighted by atomic mass is 9.99. The molecule has 3 heterocycles. The molecule has 3 aliphatic heterocycles. The first-order chi connectivity index (χ1) is 52.6. The maximum atomic E-state index is 15.2. The van der Waals surface area contributed by atoms with Gasteiger partial charge in [-0.05, 0) is 96.4 Å². The zero-order valence-corrected chi connectivity index (χ0v) is 66.4. The van der Waals surface area contributed by atoms with E-state index in [9.17, 15) is 74.4 Å². The van der Waals surface area contributed by atoms with Crippen molar-refractivity contribution in [3.8, 4) is 0 Å². The van der Waals surface area contributed by atoms with Gasteiger partial charge in [0.05, 0.1) is 4.90 Å². The molecule has 0 radical (unpaired) electrons. The minimum atomic E-state index is -5.18. The Kier molecular flexibility index (Phi) is 29.9. The number of ether oxygens (including phenoxy) is 15. The number of hydrogen-bond acceptors (Lipinski definition) is 36. The van der Waals surface area contributed by atoms with Crippen LogP contribution in [0.15, 0.2) is 133 Å². The second-order valence-corrected chi connectivity index (χ2v) is 33.2. The van der Waals surface area contributed by atoms with E-state index in [1.54, 1.807) is 0 Å². The second-order valence-electron chi connectivity index (χ2n) is 24.7. The summed E-state index contributed by atoms with van der Waals surface area (Å²) in [5.41, 5.74) is -4.28. The first-order valence-electron chi connectivity index (χ1n) is 33.4. The van der Waals surface area contributed by atoms with E-state index in [1.807, 2.05) is 0 Å². The molecule has 36 nitrogen and oxygen atoms in total. The molecule has 3 aliphatic rings. The predicted octanol–water partition coefficient (Wildman–Crippen LogP) is 5.77. The van der Waals surface area contributed by atoms with Gasteiger partial charge in [0.25, 0.3) is 30.1 Å². The SMILES string of the molecule is CC(=O)OC[C@H]1O[C@@H](Sc2ccc(NS(=O)(=O)c3ccc4c(S(=O)(=O)Nc5ccc(S[C@@H]6O[C@H](COC(C)=O)[C@@H](OC(C)=O)[C@H](OC(C)=O)[C@H]6OC(C)=O)cc5)c(S(=O)(=O)Nc5ccc(S[C@@H]6O[C@H](COC(C)=O)[C@@H](OC(C)=O)[C@H](OC(C)=O)[C@H]6OC(C)=O)cc5)ccc4c3)cc2)[C@H](OC(C)=O)[C@@H](OC(C)=O)[C@@H]1OC(C)=O. The van der Waals surface area contributed by atoms with E-state index in [0.717, 1.165) is 149 Å². The Labute approximate surface area is 654 Å². The summed E-state index contributed by atoms with van der Waals surface area (Å²) in [5, 5.41) is -0.482. The molecule has 0 spiro atoms. The van der Waals surface area contributed by atoms with Crippen molar-refractivity contribution < 1.29 is 154 Å². The number of hydrogen-bond donors (Lipinski definition) is 3. The van der Waals surface area contributed by atoms with E-state index < -0.39 is 226 Å². The normalized spacial score (nSPS) is 23.7. The molecular weight excluding hydrogens is 1600 g/mol. The van der Waals surface area contributed by atoms with Crippen molar-refractivity contribution in [2.45, 2.75) is 202 Å². The number of esters is 12. The van der Waals surface area contributed by atoms with Crippen LogP contribution in [0.1, 0.15) is 83.1 Å². The molecule has 0 aliphatic carbocycles. The smallest absolute Gasteiger partial charge is 0.303 e. The van der Waals surface area contributed by atoms with Gasteiger partial charge in [0, 0.05) is 120 Å². The van der Waals surface area contributed by atoms with Gasteiger partial charge < -0.3 is 71.1 Å². The Morgan fingerprint density at radius 2 is 0.580 bits per heavy atom. The van der Waals surface area contributed by atoms with Gasteiger partial charge >= 0.3 is 71.6 Å². The highest BCUT2D eigenvalue weighted by atomic mass is 32.2. The van der Waals surface area contributed by atoms with Crippen LogP contribution in [0.3, 0.4) is 0 Å². The summed E-state index contributed by atoms with van der Waals surface area (Å²) in [6.07, 6.45) is -17.2. The second kappa shape index (κ2) is 38.1. The molecule has 5 aromatic carbocycles. The zero-order chi connectivity index (χ0) is 82.4. The topological polar surface area (TPSA) is 482 Å². The van der Waals surface area contributed by atoms with Gasteiger partial charge in [0.2, 0.25) is 0 Å². The molecular formula is C70H77N3O33S6. The number of thioether (sulfide) groups is 3. The summed E-state index contributed by atoms with van der Waals surface area (Å²) < 4.78 is 180. The van der Waals surface area contributed by atoms with E-state index in [2.05, 4.69) is 14.2 Å². The van der Waals surface area contributed by atoms with Crippen LogP contribution in [-0.4, -0.2) is 206 Å². The molecule has 0 unspecified atom stereocenters. The van der Waals surface area contributed by atoms with Gasteiger partial charge in [0.15, 0.2) is 54.9 Å². The summed E-state index contributed by atoms with van der Waals surface area (Å²) in [6.45, 7) is 11.3. The number of sulfonamides is 3. The van der Waals surface area contributed by atoms with Crippen LogP contribution in [0, 0.1) is 0 Å². The Bertz CT molecular complexity index is 4740. The quantitative estimate of drug-likeness (QED) is 0.0363. The molecule has 15 atom stereocenters. The van der Waals surface area contributed by atoms with Crippen LogP contribution in [-0.2, 0) is 159 Å². The molecule has 606 valence electrons. The van der Waals surface area contributed by atoms with Gasteiger partial charge in [-0.2, -0.15) is 0 Å². The molecule has 8 rings (SSSR count). The average Bonchev–Trinajstić information content (AvgIpc) is 0.744. The lowest BCUT2D eigenvalue weighted by Crippen LogP contribution is -2.61. The molecule has 0 saturated carbocycles. The maximum absolute atomic E-state index is 15.2. The van der Waals surface area contributed by atoms with Crippen LogP contribution in [0.2, 0.25) is 0 Å². The first kappa shape index (κ1) is 87.8. The molecule has 42 heteroatoms. The third kappa shape index (κ3) is 24.1. The van der Waals surface area contributed by atoms with Crippen LogP contribution < -0.4 is 14.2 Å². The minimum absolute atomic E-state index is 0.0410. The highest BCUT2D eigenvalue weighted by molar-refractivity contribution is 8.00. The fourth-order valence-corrected chi connectivity index (χ4v) is 19.2. The Balaban J connectivity index is 1.13. The molecule has 3 saturated heterocycles. The van der Waals surface area contributed by atoms with Gasteiger partial charge in [-0.3, -0.25) is 71.7 Å². The van der Waals surface area contributed by atoms with E-state index in [4.69, 9.17) is 71.1 Å². The average molecular weight is 1680 g/mol. The van der Waals surface area contributed by atoms with Crippen LogP contribution in [0.25, 0.3) is 10.8 Å². The molecule has 3 N–H and O–H groups in total. The fourth-order valence-electron chi connectivity index (χ4n) is 11.6. The zero-order valence-electron chi connectivity index (χ0n) is 61.5. The largest absolute Gasteiger partial charge is 0.463 e. The van der Waals surface area contributed by atoms with Crippen molar-refractivity contribution in [3.05, 3.63) is 103 Å². The lowest BCUT2D eigenvalue weighted by Gasteiger charge is -2.44.